The quantitative estimate of drug-likeness (QED) is 0.626. The van der Waals surface area contributed by atoms with Gasteiger partial charge in [0.25, 0.3) is 11.8 Å². The van der Waals surface area contributed by atoms with E-state index >= 15 is 0 Å². The van der Waals surface area contributed by atoms with Gasteiger partial charge in [-0.3, -0.25) is 14.9 Å². The number of carbonyl (C=O) groups is 2. The van der Waals surface area contributed by atoms with Gasteiger partial charge in [0.2, 0.25) is 0 Å². The van der Waals surface area contributed by atoms with Gasteiger partial charge in [-0.2, -0.15) is 0 Å². The van der Waals surface area contributed by atoms with Crippen molar-refractivity contribution in [3.63, 3.8) is 0 Å². The summed E-state index contributed by atoms with van der Waals surface area (Å²) in [5.74, 6) is 0.628. The van der Waals surface area contributed by atoms with Crippen LogP contribution in [0.15, 0.2) is 18.2 Å². The normalized spacial score (nSPS) is 15.2. The molecule has 0 saturated carbocycles. The number of fused-ring (bicyclic) bond motifs is 1. The number of hydrogen-bond acceptors (Lipinski definition) is 6. The number of methoxy groups -OCH3 is 2. The molecular weight excluding hydrogens is 410 g/mol. The maximum absolute atomic E-state index is 12.5. The van der Waals surface area contributed by atoms with Crippen molar-refractivity contribution in [3.8, 4) is 11.5 Å². The fourth-order valence-corrected chi connectivity index (χ4v) is 5.07. The molecule has 1 aliphatic carbocycles. The molecule has 0 saturated heterocycles. The van der Waals surface area contributed by atoms with Gasteiger partial charge in [0, 0.05) is 10.4 Å². The molecule has 1 aromatic heterocycles. The molecule has 0 bridgehead atoms. The Morgan fingerprint density at radius 1 is 1.24 bits per heavy atom. The highest BCUT2D eigenvalue weighted by molar-refractivity contribution is 7.80. The zero-order chi connectivity index (χ0) is 21.1. The first kappa shape index (κ1) is 21.1. The van der Waals surface area contributed by atoms with E-state index in [0.717, 1.165) is 29.7 Å². The number of rotatable bonds is 5. The van der Waals surface area contributed by atoms with Gasteiger partial charge < -0.3 is 20.5 Å². The highest BCUT2D eigenvalue weighted by Gasteiger charge is 2.27. The highest BCUT2D eigenvalue weighted by Crippen LogP contribution is 2.39. The monoisotopic (exact) mass is 433 g/mol. The molecule has 1 aliphatic rings. The Balaban J connectivity index is 1.76. The predicted molar refractivity (Wildman–Crippen MR) is 117 cm³/mol. The van der Waals surface area contributed by atoms with Crippen molar-refractivity contribution in [2.45, 2.75) is 26.2 Å². The molecule has 1 aromatic carbocycles. The summed E-state index contributed by atoms with van der Waals surface area (Å²) in [6, 6.07) is 4.82. The molecule has 154 valence electrons. The second-order valence-corrected chi connectivity index (χ2v) is 8.41. The van der Waals surface area contributed by atoms with Crippen molar-refractivity contribution in [2.75, 3.05) is 19.5 Å². The van der Waals surface area contributed by atoms with Crippen molar-refractivity contribution in [3.05, 3.63) is 39.8 Å². The van der Waals surface area contributed by atoms with Crippen LogP contribution in [0.2, 0.25) is 0 Å². The van der Waals surface area contributed by atoms with Crippen LogP contribution in [0.4, 0.5) is 5.00 Å². The minimum atomic E-state index is -0.492. The number of ether oxygens (including phenoxy) is 2. The summed E-state index contributed by atoms with van der Waals surface area (Å²) in [4.78, 5) is 25.7. The van der Waals surface area contributed by atoms with Crippen LogP contribution in [-0.4, -0.2) is 31.1 Å². The highest BCUT2D eigenvalue weighted by atomic mass is 32.1. The zero-order valence-corrected chi connectivity index (χ0v) is 18.1. The van der Waals surface area contributed by atoms with Gasteiger partial charge in [-0.05, 0) is 61.2 Å². The van der Waals surface area contributed by atoms with E-state index in [1.807, 2.05) is 0 Å². The van der Waals surface area contributed by atoms with Crippen molar-refractivity contribution in [1.82, 2.24) is 5.32 Å². The second kappa shape index (κ2) is 8.79. The number of primary amides is 1. The van der Waals surface area contributed by atoms with Crippen LogP contribution >= 0.6 is 23.6 Å². The van der Waals surface area contributed by atoms with Gasteiger partial charge in [0.05, 0.1) is 19.8 Å². The minimum Gasteiger partial charge on any atom is -0.493 e. The molecule has 4 N–H and O–H groups in total. The number of hydrogen-bond donors (Lipinski definition) is 3. The first-order chi connectivity index (χ1) is 13.8. The number of thiophene rings is 1. The number of nitrogens with one attached hydrogen (secondary N) is 2. The number of carbonyl (C=O) groups excluding carboxylic acids is 2. The van der Waals surface area contributed by atoms with E-state index in [2.05, 4.69) is 17.6 Å². The maximum Gasteiger partial charge on any atom is 0.257 e. The van der Waals surface area contributed by atoms with E-state index < -0.39 is 11.8 Å². The number of anilines is 1. The Bertz CT molecular complexity index is 971. The fourth-order valence-electron chi connectivity index (χ4n) is 3.39. The van der Waals surface area contributed by atoms with E-state index in [4.69, 9.17) is 27.4 Å². The van der Waals surface area contributed by atoms with Gasteiger partial charge in [-0.1, -0.05) is 6.92 Å². The summed E-state index contributed by atoms with van der Waals surface area (Å²) in [7, 11) is 3.02. The Kier molecular flexibility index (Phi) is 6.39. The van der Waals surface area contributed by atoms with Crippen LogP contribution in [0.25, 0.3) is 0 Å². The van der Waals surface area contributed by atoms with Crippen LogP contribution < -0.4 is 25.8 Å². The summed E-state index contributed by atoms with van der Waals surface area (Å²) in [6.07, 6.45) is 2.74. The lowest BCUT2D eigenvalue weighted by Crippen LogP contribution is -2.34. The van der Waals surface area contributed by atoms with E-state index in [1.54, 1.807) is 18.2 Å². The van der Waals surface area contributed by atoms with Crippen molar-refractivity contribution in [2.24, 2.45) is 11.7 Å². The average molecular weight is 434 g/mol. The van der Waals surface area contributed by atoms with Gasteiger partial charge in [-0.25, -0.2) is 0 Å². The van der Waals surface area contributed by atoms with Crippen LogP contribution in [0, 0.1) is 5.92 Å². The molecule has 0 spiro atoms. The maximum atomic E-state index is 12.5. The molecule has 7 nitrogen and oxygen atoms in total. The van der Waals surface area contributed by atoms with E-state index in [9.17, 15) is 9.59 Å². The SMILES string of the molecule is COc1ccc(C(=O)NC(=S)Nc2sc3c(c2C(N)=O)CC[C@H](C)C3)cc1OC. The molecule has 29 heavy (non-hydrogen) atoms. The van der Waals surface area contributed by atoms with Crippen LogP contribution in [0.1, 0.15) is 44.5 Å². The van der Waals surface area contributed by atoms with Crippen LogP contribution in [-0.2, 0) is 12.8 Å². The third-order valence-electron chi connectivity index (χ3n) is 4.86. The van der Waals surface area contributed by atoms with E-state index in [0.29, 0.717) is 33.5 Å². The topological polar surface area (TPSA) is 103 Å². The molecule has 1 heterocycles. The number of thiocarbonyl (C=S) groups is 1. The molecular formula is C20H23N3O4S2. The summed E-state index contributed by atoms with van der Waals surface area (Å²) < 4.78 is 10.4. The van der Waals surface area contributed by atoms with Gasteiger partial charge in [-0.15, -0.1) is 11.3 Å². The first-order valence-electron chi connectivity index (χ1n) is 9.12. The standard InChI is InChI=1S/C20H23N3O4S2/c1-10-4-6-12-15(8-10)29-19(16(12)17(21)24)23-20(28)22-18(25)11-5-7-13(26-2)14(9-11)27-3/h5,7,9-10H,4,6,8H2,1-3H3,(H2,21,24)(H2,22,23,25,28)/t10-/m0/s1. The molecule has 9 heteroatoms. The molecule has 2 amide bonds. The molecule has 0 fully saturated rings. The third kappa shape index (κ3) is 4.51. The number of benzene rings is 1. The predicted octanol–water partition coefficient (Wildman–Crippen LogP) is 3.12. The van der Waals surface area contributed by atoms with Gasteiger partial charge in [0.15, 0.2) is 16.6 Å². The number of nitrogens with two attached hydrogens (primary N) is 1. The largest absolute Gasteiger partial charge is 0.493 e. The Morgan fingerprint density at radius 3 is 2.62 bits per heavy atom. The minimum absolute atomic E-state index is 0.0962. The average Bonchev–Trinajstić information content (AvgIpc) is 3.03. The van der Waals surface area contributed by atoms with Crippen molar-refractivity contribution >= 4 is 45.5 Å². The van der Waals surface area contributed by atoms with E-state index in [1.165, 1.54) is 25.6 Å². The lowest BCUT2D eigenvalue weighted by molar-refractivity contribution is 0.0975. The Labute approximate surface area is 178 Å². The van der Waals surface area contributed by atoms with Crippen molar-refractivity contribution < 1.29 is 19.1 Å². The lowest BCUT2D eigenvalue weighted by Gasteiger charge is -2.18. The van der Waals surface area contributed by atoms with Crippen molar-refractivity contribution in [1.29, 1.82) is 0 Å². The van der Waals surface area contributed by atoms with E-state index in [-0.39, 0.29) is 5.11 Å². The molecule has 0 unspecified atom stereocenters. The molecule has 3 rings (SSSR count). The second-order valence-electron chi connectivity index (χ2n) is 6.90. The molecule has 1 atom stereocenters. The first-order valence-corrected chi connectivity index (χ1v) is 10.3. The van der Waals surface area contributed by atoms with Crippen LogP contribution in [0.5, 0.6) is 11.5 Å². The fraction of sp³-hybridized carbons (Fsp3) is 0.350. The summed E-state index contributed by atoms with van der Waals surface area (Å²) in [5.41, 5.74) is 7.45. The zero-order valence-electron chi connectivity index (χ0n) is 16.5. The van der Waals surface area contributed by atoms with Gasteiger partial charge in [0.1, 0.15) is 5.00 Å². The van der Waals surface area contributed by atoms with Crippen LogP contribution in [0.3, 0.4) is 0 Å². The molecule has 2 aromatic rings. The Hall–Kier alpha value is -2.65. The molecule has 0 radical (unpaired) electrons. The van der Waals surface area contributed by atoms with Gasteiger partial charge >= 0.3 is 0 Å². The summed E-state index contributed by atoms with van der Waals surface area (Å²) in [5, 5.41) is 6.28. The molecule has 0 aliphatic heterocycles. The smallest absolute Gasteiger partial charge is 0.257 e. The summed E-state index contributed by atoms with van der Waals surface area (Å²) >= 11 is 6.76. The Morgan fingerprint density at radius 2 is 1.97 bits per heavy atom. The number of amides is 2. The third-order valence-corrected chi connectivity index (χ3v) is 6.23. The summed E-state index contributed by atoms with van der Waals surface area (Å²) in [6.45, 7) is 2.19. The lowest BCUT2D eigenvalue weighted by atomic mass is 9.88.